The Hall–Kier alpha value is -3.45. The Morgan fingerprint density at radius 1 is 0.966 bits per heavy atom. The number of halogens is 1. The quantitative estimate of drug-likeness (QED) is 0.554. The second kappa shape index (κ2) is 8.70. The number of para-hydroxylation sites is 1. The van der Waals surface area contributed by atoms with E-state index in [4.69, 9.17) is 21.1 Å². The van der Waals surface area contributed by atoms with Crippen molar-refractivity contribution in [1.29, 1.82) is 0 Å². The maximum absolute atomic E-state index is 13.0. The molecule has 8 heteroatoms. The number of hydrogen-bond acceptors (Lipinski definition) is 7. The van der Waals surface area contributed by atoms with Gasteiger partial charge < -0.3 is 9.47 Å². The number of Topliss-reactive ketones (excluding diaryl/α,β-unsaturated/α-hetero) is 1. The highest BCUT2D eigenvalue weighted by Crippen LogP contribution is 2.27. The lowest BCUT2D eigenvalue weighted by Crippen LogP contribution is -2.46. The number of rotatable bonds is 5. The molecule has 0 bridgehead atoms. The molecule has 3 rings (SSSR count). The fraction of sp³-hybridized carbons (Fsp3) is 0.143. The summed E-state index contributed by atoms with van der Waals surface area (Å²) >= 11 is 5.88. The predicted molar refractivity (Wildman–Crippen MR) is 108 cm³/mol. The van der Waals surface area contributed by atoms with Crippen LogP contribution in [-0.4, -0.2) is 43.7 Å². The number of nitrogens with zero attached hydrogens (tertiary/aromatic N) is 2. The third-order valence-electron chi connectivity index (χ3n) is 4.25. The average Bonchev–Trinajstić information content (AvgIpc) is 2.77. The fourth-order valence-electron chi connectivity index (χ4n) is 2.84. The van der Waals surface area contributed by atoms with Crippen molar-refractivity contribution in [3.63, 3.8) is 0 Å². The van der Waals surface area contributed by atoms with Crippen molar-refractivity contribution in [2.75, 3.05) is 19.2 Å². The fourth-order valence-corrected chi connectivity index (χ4v) is 2.96. The van der Waals surface area contributed by atoms with Crippen molar-refractivity contribution in [2.24, 2.45) is 5.10 Å². The van der Waals surface area contributed by atoms with Crippen molar-refractivity contribution >= 4 is 40.7 Å². The van der Waals surface area contributed by atoms with Crippen LogP contribution in [0, 0.1) is 0 Å². The maximum Gasteiger partial charge on any atom is 0.336 e. The average molecular weight is 413 g/mol. The van der Waals surface area contributed by atoms with E-state index in [1.54, 1.807) is 54.6 Å². The van der Waals surface area contributed by atoms with Gasteiger partial charge in [0.15, 0.2) is 6.04 Å². The van der Waals surface area contributed by atoms with Gasteiger partial charge in [-0.15, -0.1) is 0 Å². The molecule has 1 atom stereocenters. The Kier molecular flexibility index (Phi) is 6.09. The molecule has 0 unspecified atom stereocenters. The van der Waals surface area contributed by atoms with E-state index in [2.05, 4.69) is 5.10 Å². The van der Waals surface area contributed by atoms with E-state index in [-0.39, 0.29) is 11.3 Å². The number of hydrazone groups is 1. The van der Waals surface area contributed by atoms with Gasteiger partial charge in [0.25, 0.3) is 0 Å². The van der Waals surface area contributed by atoms with Crippen LogP contribution in [0.1, 0.15) is 10.4 Å². The highest BCUT2D eigenvalue weighted by Gasteiger charge is 2.39. The number of anilines is 1. The summed E-state index contributed by atoms with van der Waals surface area (Å²) in [6, 6.07) is 13.7. The number of esters is 2. The molecule has 148 valence electrons. The lowest BCUT2D eigenvalue weighted by molar-refractivity contribution is -0.144. The number of carbonyl (C=O) groups is 3. The van der Waals surface area contributed by atoms with Crippen LogP contribution in [0.3, 0.4) is 0 Å². The van der Waals surface area contributed by atoms with Crippen LogP contribution in [0.5, 0.6) is 0 Å². The summed E-state index contributed by atoms with van der Waals surface area (Å²) in [6.45, 7) is 0. The summed E-state index contributed by atoms with van der Waals surface area (Å²) in [6.07, 6.45) is 1.25. The Bertz CT molecular complexity index is 999. The SMILES string of the molecule is COC(=O)C1=CC(C(=O)c2ccc(Cl)cc2)=NN(c2ccccc2)[C@H]1C(=O)OC. The van der Waals surface area contributed by atoms with Gasteiger partial charge in [-0.05, 0) is 42.5 Å². The standard InChI is InChI=1S/C21H17ClN2O5/c1-28-20(26)16-12-17(19(25)13-8-10-14(22)11-9-13)23-24(18(16)21(27)29-2)15-6-4-3-5-7-15/h3-12,18H,1-2H3/t18-/m1/s1. The smallest absolute Gasteiger partial charge is 0.336 e. The van der Waals surface area contributed by atoms with Crippen molar-refractivity contribution in [3.05, 3.63) is 76.8 Å². The van der Waals surface area contributed by atoms with Gasteiger partial charge in [-0.25, -0.2) is 14.6 Å². The first-order valence-electron chi connectivity index (χ1n) is 8.57. The van der Waals surface area contributed by atoms with E-state index in [9.17, 15) is 14.4 Å². The van der Waals surface area contributed by atoms with Crippen LogP contribution in [0.25, 0.3) is 0 Å². The van der Waals surface area contributed by atoms with E-state index in [1.807, 2.05) is 0 Å². The van der Waals surface area contributed by atoms with Crippen LogP contribution >= 0.6 is 11.6 Å². The van der Waals surface area contributed by atoms with Crippen LogP contribution in [0.4, 0.5) is 5.69 Å². The van der Waals surface area contributed by atoms with Gasteiger partial charge in [0.2, 0.25) is 5.78 Å². The molecule has 0 amide bonds. The Labute approximate surface area is 172 Å². The molecule has 2 aromatic rings. The first kappa shape index (κ1) is 20.3. The van der Waals surface area contributed by atoms with Crippen molar-refractivity contribution in [3.8, 4) is 0 Å². The Morgan fingerprint density at radius 3 is 2.21 bits per heavy atom. The van der Waals surface area contributed by atoms with Gasteiger partial charge in [0.1, 0.15) is 5.71 Å². The molecular formula is C21H17ClN2O5. The minimum atomic E-state index is -1.20. The summed E-state index contributed by atoms with van der Waals surface area (Å²) in [5, 5.41) is 6.11. The van der Waals surface area contributed by atoms with Crippen LogP contribution < -0.4 is 5.01 Å². The molecule has 0 radical (unpaired) electrons. The number of ketones is 1. The minimum absolute atomic E-state index is 0.0308. The topological polar surface area (TPSA) is 85.3 Å². The second-order valence-electron chi connectivity index (χ2n) is 6.02. The highest BCUT2D eigenvalue weighted by atomic mass is 35.5. The first-order chi connectivity index (χ1) is 14.0. The number of ether oxygens (including phenoxy) is 2. The van der Waals surface area contributed by atoms with Gasteiger partial charge in [0.05, 0.1) is 25.5 Å². The van der Waals surface area contributed by atoms with Crippen LogP contribution in [0.2, 0.25) is 5.02 Å². The summed E-state index contributed by atoms with van der Waals surface area (Å²) in [7, 11) is 2.40. The molecule has 0 fully saturated rings. The summed E-state index contributed by atoms with van der Waals surface area (Å²) in [4.78, 5) is 37.9. The zero-order valence-electron chi connectivity index (χ0n) is 15.7. The maximum atomic E-state index is 13.0. The molecule has 7 nitrogen and oxygen atoms in total. The normalized spacial score (nSPS) is 15.8. The van der Waals surface area contributed by atoms with Gasteiger partial charge in [-0.1, -0.05) is 29.8 Å². The predicted octanol–water partition coefficient (Wildman–Crippen LogP) is 3.04. The Morgan fingerprint density at radius 2 is 1.62 bits per heavy atom. The molecule has 0 spiro atoms. The Balaban J connectivity index is 2.14. The zero-order valence-corrected chi connectivity index (χ0v) is 16.4. The zero-order chi connectivity index (χ0) is 21.0. The number of carbonyl (C=O) groups excluding carboxylic acids is 3. The highest BCUT2D eigenvalue weighted by molar-refractivity contribution is 6.50. The monoisotopic (exact) mass is 412 g/mol. The minimum Gasteiger partial charge on any atom is -0.467 e. The summed E-state index contributed by atoms with van der Waals surface area (Å²) in [5.74, 6) is -1.92. The number of benzene rings is 2. The van der Waals surface area contributed by atoms with Crippen molar-refractivity contribution < 1.29 is 23.9 Å². The summed E-state index contributed by atoms with van der Waals surface area (Å²) < 4.78 is 9.68. The third kappa shape index (κ3) is 4.20. The molecule has 0 aliphatic carbocycles. The first-order valence-corrected chi connectivity index (χ1v) is 8.95. The van der Waals surface area contributed by atoms with E-state index < -0.39 is 23.8 Å². The number of methoxy groups -OCH3 is 2. The van der Waals surface area contributed by atoms with E-state index in [0.717, 1.165) is 0 Å². The molecule has 1 heterocycles. The molecule has 29 heavy (non-hydrogen) atoms. The van der Waals surface area contributed by atoms with Gasteiger partial charge in [-0.3, -0.25) is 4.79 Å². The molecule has 0 aromatic heterocycles. The van der Waals surface area contributed by atoms with Crippen molar-refractivity contribution in [2.45, 2.75) is 6.04 Å². The van der Waals surface area contributed by atoms with Gasteiger partial charge in [0, 0.05) is 10.6 Å². The molecule has 1 aliphatic rings. The number of allylic oxidation sites excluding steroid dienone is 1. The molecule has 0 saturated carbocycles. The van der Waals surface area contributed by atoms with Crippen molar-refractivity contribution in [1.82, 2.24) is 0 Å². The van der Waals surface area contributed by atoms with Crippen LogP contribution in [0.15, 0.2) is 71.3 Å². The lowest BCUT2D eigenvalue weighted by atomic mass is 9.98. The largest absolute Gasteiger partial charge is 0.467 e. The summed E-state index contributed by atoms with van der Waals surface area (Å²) in [5.41, 5.74) is 0.740. The number of hydrogen-bond donors (Lipinski definition) is 0. The molecule has 0 saturated heterocycles. The van der Waals surface area contributed by atoms with Gasteiger partial charge in [-0.2, -0.15) is 5.10 Å². The van der Waals surface area contributed by atoms with E-state index in [0.29, 0.717) is 16.3 Å². The lowest BCUT2D eigenvalue weighted by Gasteiger charge is -2.31. The van der Waals surface area contributed by atoms with Gasteiger partial charge >= 0.3 is 11.9 Å². The van der Waals surface area contributed by atoms with E-state index in [1.165, 1.54) is 25.3 Å². The second-order valence-corrected chi connectivity index (χ2v) is 6.45. The third-order valence-corrected chi connectivity index (χ3v) is 4.50. The molecule has 2 aromatic carbocycles. The molecule has 0 N–H and O–H groups in total. The van der Waals surface area contributed by atoms with Crippen LogP contribution in [-0.2, 0) is 19.1 Å². The van der Waals surface area contributed by atoms with E-state index >= 15 is 0 Å². The molecular weight excluding hydrogens is 396 g/mol. The molecule has 1 aliphatic heterocycles.